The summed E-state index contributed by atoms with van der Waals surface area (Å²) in [5, 5.41) is 15.6. The largest absolute Gasteiger partial charge is 0.492 e. The van der Waals surface area contributed by atoms with E-state index in [4.69, 9.17) is 4.74 Å². The van der Waals surface area contributed by atoms with Crippen LogP contribution in [0.2, 0.25) is 0 Å². The molecular formula is C26H32N4O6S2. The second kappa shape index (κ2) is 11.2. The Labute approximate surface area is 222 Å². The fourth-order valence-electron chi connectivity index (χ4n) is 4.35. The van der Waals surface area contributed by atoms with Gasteiger partial charge in [0, 0.05) is 47.7 Å². The highest BCUT2D eigenvalue weighted by Gasteiger charge is 2.16. The maximum atomic E-state index is 12.1. The molecule has 3 aromatic carbocycles. The van der Waals surface area contributed by atoms with E-state index in [1.807, 2.05) is 36.4 Å². The minimum atomic E-state index is -3.39. The first kappa shape index (κ1) is 27.7. The fraction of sp³-hybridized carbons (Fsp3) is 0.308. The lowest BCUT2D eigenvalue weighted by Crippen LogP contribution is -2.29. The van der Waals surface area contributed by atoms with Gasteiger partial charge in [0.05, 0.1) is 29.8 Å². The number of fused-ring (bicyclic) bond motifs is 3. The first-order valence-corrected chi connectivity index (χ1v) is 15.8. The molecule has 1 aromatic heterocycles. The molecule has 4 aromatic rings. The number of aromatic amines is 1. The van der Waals surface area contributed by atoms with E-state index >= 15 is 0 Å². The summed E-state index contributed by atoms with van der Waals surface area (Å²) in [4.78, 5) is 3.35. The van der Waals surface area contributed by atoms with E-state index in [0.717, 1.165) is 28.1 Å². The van der Waals surface area contributed by atoms with Crippen LogP contribution in [0.25, 0.3) is 21.8 Å². The van der Waals surface area contributed by atoms with Gasteiger partial charge in [0.15, 0.2) is 0 Å². The number of aliphatic hydroxyl groups is 1. The fourth-order valence-corrected chi connectivity index (χ4v) is 5.87. The molecule has 0 aliphatic heterocycles. The van der Waals surface area contributed by atoms with Crippen LogP contribution in [0.4, 0.5) is 11.4 Å². The number of sulfonamides is 2. The van der Waals surface area contributed by atoms with Crippen molar-refractivity contribution in [3.63, 3.8) is 0 Å². The van der Waals surface area contributed by atoms with E-state index in [0.29, 0.717) is 42.4 Å². The summed E-state index contributed by atoms with van der Waals surface area (Å²) in [5.74, 6) is 0.678. The smallest absolute Gasteiger partial charge is 0.232 e. The maximum absolute atomic E-state index is 12.1. The third-order valence-electron chi connectivity index (χ3n) is 5.99. The zero-order chi connectivity index (χ0) is 27.5. The van der Waals surface area contributed by atoms with Gasteiger partial charge in [-0.1, -0.05) is 18.2 Å². The number of nitrogens with one attached hydrogen (secondary N) is 3. The third kappa shape index (κ3) is 6.76. The van der Waals surface area contributed by atoms with Crippen molar-refractivity contribution in [3.8, 4) is 5.75 Å². The van der Waals surface area contributed by atoms with Gasteiger partial charge in [-0.05, 0) is 48.9 Å². The zero-order valence-corrected chi connectivity index (χ0v) is 23.1. The first-order valence-electron chi connectivity index (χ1n) is 12.1. The van der Waals surface area contributed by atoms with Gasteiger partial charge < -0.3 is 20.1 Å². The summed E-state index contributed by atoms with van der Waals surface area (Å²) in [6, 6.07) is 17.9. The molecule has 0 saturated heterocycles. The van der Waals surface area contributed by atoms with Crippen molar-refractivity contribution in [2.75, 3.05) is 47.8 Å². The monoisotopic (exact) mass is 560 g/mol. The number of benzene rings is 3. The van der Waals surface area contributed by atoms with E-state index in [2.05, 4.69) is 15.0 Å². The molecule has 1 heterocycles. The Hall–Kier alpha value is -3.32. The van der Waals surface area contributed by atoms with Gasteiger partial charge in [-0.15, -0.1) is 0 Å². The van der Waals surface area contributed by atoms with Crippen molar-refractivity contribution in [1.29, 1.82) is 0 Å². The number of rotatable bonds is 12. The molecule has 10 nitrogen and oxygen atoms in total. The molecular weight excluding hydrogens is 528 g/mol. The number of nitrogens with zero attached hydrogens (tertiary/aromatic N) is 1. The number of aliphatic hydroxyl groups excluding tert-OH is 1. The van der Waals surface area contributed by atoms with E-state index in [9.17, 15) is 21.9 Å². The SMILES string of the molecule is CCN(c1ccc2c(c1)[nH]c1cc(OCCNC[C@H](O)c3cccc(NS(C)(=O)=O)c3)ccc12)S(C)(=O)=O. The average Bonchev–Trinajstić information content (AvgIpc) is 3.19. The molecule has 4 N–H and O–H groups in total. The standard InChI is InChI=1S/C26H32N4O6S2/c1-4-30(38(3,34)35)20-8-10-22-23-11-9-21(16-25(23)28-24(22)15-20)36-13-12-27-17-26(31)18-6-5-7-19(14-18)29-37(2,32)33/h5-11,14-16,26-29,31H,4,12-13,17H2,1-3H3/t26-/m0/s1. The zero-order valence-electron chi connectivity index (χ0n) is 21.4. The molecule has 38 heavy (non-hydrogen) atoms. The van der Waals surface area contributed by atoms with Crippen molar-refractivity contribution < 1.29 is 26.7 Å². The summed E-state index contributed by atoms with van der Waals surface area (Å²) in [7, 11) is -6.76. The minimum Gasteiger partial charge on any atom is -0.492 e. The molecule has 4 rings (SSSR count). The Balaban J connectivity index is 1.34. The molecule has 0 fully saturated rings. The average molecular weight is 561 g/mol. The van der Waals surface area contributed by atoms with Gasteiger partial charge in [0.25, 0.3) is 0 Å². The van der Waals surface area contributed by atoms with Crippen LogP contribution in [0, 0.1) is 0 Å². The summed E-state index contributed by atoms with van der Waals surface area (Å²) in [6.45, 7) is 3.28. The van der Waals surface area contributed by atoms with Gasteiger partial charge in [0.2, 0.25) is 20.0 Å². The Bertz CT molecular complexity index is 1650. The van der Waals surface area contributed by atoms with Crippen molar-refractivity contribution in [2.24, 2.45) is 0 Å². The summed E-state index contributed by atoms with van der Waals surface area (Å²) < 4.78 is 56.6. The molecule has 0 radical (unpaired) electrons. The Kier molecular flexibility index (Phi) is 8.16. The lowest BCUT2D eigenvalue weighted by Gasteiger charge is -2.20. The third-order valence-corrected chi connectivity index (χ3v) is 7.87. The number of aromatic nitrogens is 1. The van der Waals surface area contributed by atoms with Crippen LogP contribution in [0.3, 0.4) is 0 Å². The van der Waals surface area contributed by atoms with Crippen LogP contribution < -0.4 is 19.1 Å². The quantitative estimate of drug-likeness (QED) is 0.195. The summed E-state index contributed by atoms with van der Waals surface area (Å²) >= 11 is 0. The number of hydrogen-bond acceptors (Lipinski definition) is 7. The van der Waals surface area contributed by atoms with Crippen LogP contribution in [-0.4, -0.2) is 65.7 Å². The number of anilines is 2. The molecule has 0 amide bonds. The molecule has 12 heteroatoms. The number of ether oxygens (including phenoxy) is 1. The summed E-state index contributed by atoms with van der Waals surface area (Å²) in [6.07, 6.45) is 1.46. The van der Waals surface area contributed by atoms with Crippen molar-refractivity contribution in [2.45, 2.75) is 13.0 Å². The van der Waals surface area contributed by atoms with E-state index < -0.39 is 26.2 Å². The minimum absolute atomic E-state index is 0.275. The van der Waals surface area contributed by atoms with Crippen LogP contribution >= 0.6 is 0 Å². The van der Waals surface area contributed by atoms with Crippen LogP contribution in [0.5, 0.6) is 5.75 Å². The Morgan fingerprint density at radius 2 is 1.68 bits per heavy atom. The van der Waals surface area contributed by atoms with Gasteiger partial charge in [0.1, 0.15) is 12.4 Å². The Morgan fingerprint density at radius 1 is 0.974 bits per heavy atom. The van der Waals surface area contributed by atoms with Gasteiger partial charge in [-0.25, -0.2) is 16.8 Å². The molecule has 204 valence electrons. The first-order chi connectivity index (χ1) is 17.9. The van der Waals surface area contributed by atoms with E-state index in [-0.39, 0.29) is 6.54 Å². The second-order valence-electron chi connectivity index (χ2n) is 9.06. The molecule has 0 saturated carbocycles. The van der Waals surface area contributed by atoms with Crippen molar-refractivity contribution >= 4 is 53.2 Å². The highest BCUT2D eigenvalue weighted by atomic mass is 32.2. The van der Waals surface area contributed by atoms with Gasteiger partial charge >= 0.3 is 0 Å². The van der Waals surface area contributed by atoms with Gasteiger partial charge in [-0.3, -0.25) is 9.03 Å². The van der Waals surface area contributed by atoms with Crippen LogP contribution in [-0.2, 0) is 20.0 Å². The Morgan fingerprint density at radius 3 is 2.37 bits per heavy atom. The molecule has 0 aliphatic rings. The molecule has 1 atom stereocenters. The normalized spacial score (nSPS) is 13.1. The van der Waals surface area contributed by atoms with E-state index in [1.54, 1.807) is 31.2 Å². The highest BCUT2D eigenvalue weighted by molar-refractivity contribution is 7.92. The summed E-state index contributed by atoms with van der Waals surface area (Å²) in [5.41, 5.74) is 3.32. The molecule has 0 spiro atoms. The predicted molar refractivity (Wildman–Crippen MR) is 152 cm³/mol. The molecule has 0 unspecified atom stereocenters. The van der Waals surface area contributed by atoms with Crippen LogP contribution in [0.15, 0.2) is 60.7 Å². The van der Waals surface area contributed by atoms with Crippen LogP contribution in [0.1, 0.15) is 18.6 Å². The molecule has 0 bridgehead atoms. The topological polar surface area (TPSA) is 141 Å². The highest BCUT2D eigenvalue weighted by Crippen LogP contribution is 2.31. The van der Waals surface area contributed by atoms with Gasteiger partial charge in [-0.2, -0.15) is 0 Å². The predicted octanol–water partition coefficient (Wildman–Crippen LogP) is 3.18. The molecule has 0 aliphatic carbocycles. The second-order valence-corrected chi connectivity index (χ2v) is 12.7. The maximum Gasteiger partial charge on any atom is 0.232 e. The number of hydrogen-bond donors (Lipinski definition) is 4. The van der Waals surface area contributed by atoms with Crippen molar-refractivity contribution in [3.05, 3.63) is 66.2 Å². The number of H-pyrrole nitrogens is 1. The lowest BCUT2D eigenvalue weighted by atomic mass is 10.1. The van der Waals surface area contributed by atoms with E-state index in [1.165, 1.54) is 10.6 Å². The van der Waals surface area contributed by atoms with Crippen molar-refractivity contribution in [1.82, 2.24) is 10.3 Å². The lowest BCUT2D eigenvalue weighted by molar-refractivity contribution is 0.172.